The number of unbranched alkanes of at least 4 members (excludes halogenated alkanes) is 2. The maximum absolute atomic E-state index is 13.1. The molecule has 0 aromatic heterocycles. The normalized spacial score (nSPS) is 17.9. The molecule has 0 saturated carbocycles. The van der Waals surface area contributed by atoms with Gasteiger partial charge in [-0.2, -0.15) is 13.2 Å². The Morgan fingerprint density at radius 3 is 2.58 bits per heavy atom. The molecule has 0 bridgehead atoms. The first-order valence-corrected chi connectivity index (χ1v) is 15.2. The van der Waals surface area contributed by atoms with Crippen molar-refractivity contribution >= 4 is 34.9 Å². The van der Waals surface area contributed by atoms with E-state index in [0.29, 0.717) is 12.6 Å². The number of anilines is 2. The van der Waals surface area contributed by atoms with E-state index in [4.69, 9.17) is 9.84 Å². The van der Waals surface area contributed by atoms with Gasteiger partial charge in [-0.15, -0.1) is 0 Å². The number of fused-ring (bicyclic) bond motifs is 2. The number of thioether (sulfide) groups is 1. The Balaban J connectivity index is 1.33. The molecule has 1 saturated heterocycles. The molecular weight excluding hydrogens is 531 g/mol. The summed E-state index contributed by atoms with van der Waals surface area (Å²) < 4.78 is 44.9. The minimum absolute atomic E-state index is 0.0504. The second-order valence-corrected chi connectivity index (χ2v) is 11.9. The van der Waals surface area contributed by atoms with Crippen molar-refractivity contribution in [2.75, 3.05) is 57.4 Å². The van der Waals surface area contributed by atoms with E-state index in [0.717, 1.165) is 99.0 Å². The smallest absolute Gasteiger partial charge is 0.396 e. The van der Waals surface area contributed by atoms with Crippen LogP contribution in [0.3, 0.4) is 0 Å². The first kappa shape index (κ1) is 29.6. The van der Waals surface area contributed by atoms with E-state index in [1.165, 1.54) is 0 Å². The number of halogens is 3. The third kappa shape index (κ3) is 8.79. The van der Waals surface area contributed by atoms with Crippen LogP contribution in [0.15, 0.2) is 57.2 Å². The second kappa shape index (κ2) is 14.8. The average molecular weight is 570 g/mol. The molecule has 38 heavy (non-hydrogen) atoms. The van der Waals surface area contributed by atoms with Gasteiger partial charge < -0.3 is 20.1 Å². The van der Waals surface area contributed by atoms with Crippen molar-refractivity contribution < 1.29 is 23.0 Å². The Bertz CT molecular complexity index is 1010. The Morgan fingerprint density at radius 1 is 0.974 bits per heavy atom. The van der Waals surface area contributed by atoms with E-state index in [9.17, 15) is 13.2 Å². The first-order valence-electron chi connectivity index (χ1n) is 13.5. The molecule has 0 aliphatic carbocycles. The van der Waals surface area contributed by atoms with E-state index < -0.39 is 5.51 Å². The van der Waals surface area contributed by atoms with Crippen LogP contribution in [-0.4, -0.2) is 74.1 Å². The zero-order valence-electron chi connectivity index (χ0n) is 21.7. The summed E-state index contributed by atoms with van der Waals surface area (Å²) in [6, 6.07) is 13.7. The van der Waals surface area contributed by atoms with E-state index >= 15 is 0 Å². The van der Waals surface area contributed by atoms with Crippen LogP contribution < -0.4 is 10.2 Å². The van der Waals surface area contributed by atoms with Crippen molar-refractivity contribution in [2.45, 2.75) is 64.8 Å². The van der Waals surface area contributed by atoms with Crippen molar-refractivity contribution in [1.29, 1.82) is 0 Å². The van der Waals surface area contributed by atoms with Crippen molar-refractivity contribution in [1.82, 2.24) is 10.2 Å². The number of ether oxygens (including phenoxy) is 1. The Morgan fingerprint density at radius 2 is 1.76 bits per heavy atom. The molecule has 2 aromatic rings. The number of nitrogens with one attached hydrogen (secondary N) is 1. The van der Waals surface area contributed by atoms with Gasteiger partial charge in [0.1, 0.15) is 0 Å². The monoisotopic (exact) mass is 569 g/mol. The van der Waals surface area contributed by atoms with Crippen molar-refractivity contribution in [2.24, 2.45) is 0 Å². The number of nitrogens with zero attached hydrogens (tertiary/aromatic N) is 2. The first-order chi connectivity index (χ1) is 18.4. The van der Waals surface area contributed by atoms with Crippen LogP contribution in [0, 0.1) is 0 Å². The van der Waals surface area contributed by atoms with Gasteiger partial charge in [0.05, 0.1) is 11.4 Å². The fraction of sp³-hybridized carbons (Fsp3) is 0.571. The lowest BCUT2D eigenvalue weighted by molar-refractivity contribution is -0.0328. The number of benzene rings is 2. The number of aliphatic hydroxyl groups excluding tert-OH is 1. The zero-order chi connectivity index (χ0) is 26.8. The highest BCUT2D eigenvalue weighted by atomic mass is 32.2. The van der Waals surface area contributed by atoms with Gasteiger partial charge in [-0.1, -0.05) is 23.9 Å². The molecule has 5 nitrogen and oxygen atoms in total. The fourth-order valence-corrected chi connectivity index (χ4v) is 6.70. The van der Waals surface area contributed by atoms with Crippen LogP contribution in [0.2, 0.25) is 0 Å². The number of para-hydroxylation sites is 1. The van der Waals surface area contributed by atoms with Gasteiger partial charge in [0, 0.05) is 66.7 Å². The summed E-state index contributed by atoms with van der Waals surface area (Å²) in [6.07, 6.45) is 5.81. The van der Waals surface area contributed by atoms with Crippen LogP contribution in [-0.2, 0) is 4.74 Å². The van der Waals surface area contributed by atoms with Crippen molar-refractivity contribution in [3.63, 3.8) is 0 Å². The molecule has 0 spiro atoms. The minimum atomic E-state index is -4.30. The Kier molecular flexibility index (Phi) is 11.5. The molecule has 2 aromatic carbocycles. The highest BCUT2D eigenvalue weighted by Crippen LogP contribution is 2.50. The molecule has 1 unspecified atom stereocenters. The van der Waals surface area contributed by atoms with Crippen LogP contribution in [0.5, 0.6) is 0 Å². The lowest BCUT2D eigenvalue weighted by Crippen LogP contribution is -2.51. The predicted octanol–water partition coefficient (Wildman–Crippen LogP) is 6.52. The maximum Gasteiger partial charge on any atom is 0.446 e. The molecular formula is C28H38F3N3O2S2. The quantitative estimate of drug-likeness (QED) is 0.198. The topological polar surface area (TPSA) is 48.0 Å². The van der Waals surface area contributed by atoms with E-state index in [1.807, 2.05) is 18.2 Å². The summed E-state index contributed by atoms with van der Waals surface area (Å²) in [4.78, 5) is 7.14. The third-order valence-electron chi connectivity index (χ3n) is 6.90. The summed E-state index contributed by atoms with van der Waals surface area (Å²) in [6.45, 7) is 6.52. The van der Waals surface area contributed by atoms with Crippen LogP contribution in [0.1, 0.15) is 38.5 Å². The van der Waals surface area contributed by atoms with Gasteiger partial charge >= 0.3 is 5.51 Å². The van der Waals surface area contributed by atoms with Gasteiger partial charge in [0.2, 0.25) is 0 Å². The Hall–Kier alpha value is -1.43. The lowest BCUT2D eigenvalue weighted by Gasteiger charge is -2.37. The molecule has 0 radical (unpaired) electrons. The molecule has 2 aliphatic heterocycles. The van der Waals surface area contributed by atoms with E-state index in [1.54, 1.807) is 23.9 Å². The van der Waals surface area contributed by atoms with E-state index in [2.05, 4.69) is 27.2 Å². The SMILES string of the molecule is OCCCCOCCCCN1CCNCC1CCCN1c2ccccc2Sc2ccc(SC(F)(F)F)cc21. The molecule has 210 valence electrons. The number of hydrogen-bond acceptors (Lipinski definition) is 7. The molecule has 2 heterocycles. The van der Waals surface area contributed by atoms with Crippen molar-refractivity contribution in [3.05, 3.63) is 42.5 Å². The number of aliphatic hydroxyl groups is 1. The van der Waals surface area contributed by atoms with Crippen LogP contribution in [0.4, 0.5) is 24.5 Å². The number of rotatable bonds is 14. The molecule has 2 N–H and O–H groups in total. The van der Waals surface area contributed by atoms with Crippen LogP contribution >= 0.6 is 23.5 Å². The molecule has 10 heteroatoms. The largest absolute Gasteiger partial charge is 0.446 e. The van der Waals surface area contributed by atoms with Gasteiger partial charge in [0.25, 0.3) is 0 Å². The van der Waals surface area contributed by atoms with Gasteiger partial charge in [-0.3, -0.25) is 4.90 Å². The molecule has 2 aliphatic rings. The summed E-state index contributed by atoms with van der Waals surface area (Å²) >= 11 is 1.57. The second-order valence-electron chi connectivity index (χ2n) is 9.69. The predicted molar refractivity (Wildman–Crippen MR) is 150 cm³/mol. The number of alkyl halides is 3. The summed E-state index contributed by atoms with van der Waals surface area (Å²) in [5, 5.41) is 12.4. The molecule has 1 fully saturated rings. The highest BCUT2D eigenvalue weighted by Gasteiger charge is 2.31. The maximum atomic E-state index is 13.1. The van der Waals surface area contributed by atoms with Crippen LogP contribution in [0.25, 0.3) is 0 Å². The molecule has 0 amide bonds. The summed E-state index contributed by atoms with van der Waals surface area (Å²) in [5.74, 6) is 0. The highest BCUT2D eigenvalue weighted by molar-refractivity contribution is 8.00. The molecule has 4 rings (SSSR count). The van der Waals surface area contributed by atoms with Gasteiger partial charge in [-0.25, -0.2) is 0 Å². The average Bonchev–Trinajstić information content (AvgIpc) is 2.90. The third-order valence-corrected chi connectivity index (χ3v) is 8.75. The number of hydrogen-bond donors (Lipinski definition) is 2. The van der Waals surface area contributed by atoms with Gasteiger partial charge in [0.15, 0.2) is 0 Å². The summed E-state index contributed by atoms with van der Waals surface area (Å²) in [5.41, 5.74) is -2.38. The van der Waals surface area contributed by atoms with Crippen molar-refractivity contribution in [3.8, 4) is 0 Å². The fourth-order valence-electron chi connectivity index (χ4n) is 5.05. The standard InChI is InChI=1S/C28H38F3N3O2S2/c29-28(30,31)38-23-11-12-27-25(20-23)34(24-9-1-2-10-26(24)37-27)15-7-8-22-21-32-13-16-33(22)14-3-5-18-36-19-6-4-17-35/h1-2,9-12,20,22,32,35H,3-8,13-19,21H2. The molecule has 1 atom stereocenters. The zero-order valence-corrected chi connectivity index (χ0v) is 23.4. The lowest BCUT2D eigenvalue weighted by atomic mass is 10.1. The number of piperazine rings is 1. The Labute approximate surface area is 232 Å². The minimum Gasteiger partial charge on any atom is -0.396 e. The summed E-state index contributed by atoms with van der Waals surface area (Å²) in [7, 11) is 0. The van der Waals surface area contributed by atoms with E-state index in [-0.39, 0.29) is 23.3 Å². The van der Waals surface area contributed by atoms with Gasteiger partial charge in [-0.05, 0) is 87.2 Å².